The molecule has 10 nitrogen and oxygen atoms in total. The molecular weight excluding hydrogens is 432 g/mol. The third kappa shape index (κ3) is 4.55. The normalized spacial score (nSPS) is 18.0. The standard InChI is InChI=1S/C24H28N8O2/c1-14(2)32(18-6-4-17(5-7-18)30-15(3)33)22-8-21(27-11-20(22)23(26)34)19-12-29-31-13-16(9-25)10-28-24(19)31/h8,10-14,17-18H,4-7H2,1-3H3,(H2,26,34)(H,30,33). The number of carbonyl (C=O) groups excluding carboxylic acids is 2. The molecule has 1 saturated carbocycles. The van der Waals surface area contributed by atoms with Crippen LogP contribution in [0.4, 0.5) is 5.69 Å². The van der Waals surface area contributed by atoms with E-state index in [0.717, 1.165) is 31.4 Å². The number of hydrogen-bond acceptors (Lipinski definition) is 7. The molecule has 1 aliphatic carbocycles. The van der Waals surface area contributed by atoms with E-state index in [-0.39, 0.29) is 24.0 Å². The molecule has 0 radical (unpaired) electrons. The van der Waals surface area contributed by atoms with Gasteiger partial charge in [-0.2, -0.15) is 10.4 Å². The number of amides is 2. The highest BCUT2D eigenvalue weighted by molar-refractivity contribution is 5.99. The van der Waals surface area contributed by atoms with Crippen molar-refractivity contribution in [1.29, 1.82) is 5.26 Å². The quantitative estimate of drug-likeness (QED) is 0.575. The summed E-state index contributed by atoms with van der Waals surface area (Å²) in [6, 6.07) is 4.40. The first-order valence-corrected chi connectivity index (χ1v) is 11.4. The maximum absolute atomic E-state index is 12.3. The molecule has 0 aromatic carbocycles. The lowest BCUT2D eigenvalue weighted by Crippen LogP contribution is -2.47. The van der Waals surface area contributed by atoms with E-state index < -0.39 is 5.91 Å². The lowest BCUT2D eigenvalue weighted by Gasteiger charge is -2.41. The molecule has 176 valence electrons. The second-order valence-electron chi connectivity index (χ2n) is 8.94. The Labute approximate surface area is 197 Å². The van der Waals surface area contributed by atoms with E-state index in [1.54, 1.807) is 23.8 Å². The van der Waals surface area contributed by atoms with Gasteiger partial charge >= 0.3 is 0 Å². The summed E-state index contributed by atoms with van der Waals surface area (Å²) in [5.41, 5.74) is 9.10. The molecule has 34 heavy (non-hydrogen) atoms. The number of fused-ring (bicyclic) bond motifs is 1. The van der Waals surface area contributed by atoms with Crippen molar-refractivity contribution in [1.82, 2.24) is 24.9 Å². The molecule has 0 saturated heterocycles. The minimum atomic E-state index is -0.539. The SMILES string of the molecule is CC(=O)NC1CCC(N(c2cc(-c3cnn4cc(C#N)cnc34)ncc2C(N)=O)C(C)C)CC1. The summed E-state index contributed by atoms with van der Waals surface area (Å²) in [5.74, 6) is -0.550. The molecule has 1 fully saturated rings. The zero-order chi connectivity index (χ0) is 24.4. The fourth-order valence-electron chi connectivity index (χ4n) is 4.79. The Balaban J connectivity index is 1.73. The van der Waals surface area contributed by atoms with Gasteiger partial charge in [0.05, 0.1) is 40.5 Å². The zero-order valence-electron chi connectivity index (χ0n) is 19.5. The predicted molar refractivity (Wildman–Crippen MR) is 127 cm³/mol. The minimum Gasteiger partial charge on any atom is -0.365 e. The highest BCUT2D eigenvalue weighted by atomic mass is 16.1. The third-order valence-electron chi connectivity index (χ3n) is 6.24. The lowest BCUT2D eigenvalue weighted by atomic mass is 9.88. The largest absolute Gasteiger partial charge is 0.365 e. The van der Waals surface area contributed by atoms with Gasteiger partial charge in [-0.1, -0.05) is 0 Å². The molecule has 0 unspecified atom stereocenters. The van der Waals surface area contributed by atoms with Crippen LogP contribution in [0.1, 0.15) is 62.4 Å². The summed E-state index contributed by atoms with van der Waals surface area (Å²) in [6.07, 6.45) is 9.78. The second-order valence-corrected chi connectivity index (χ2v) is 8.94. The average Bonchev–Trinajstić information content (AvgIpc) is 3.22. The maximum Gasteiger partial charge on any atom is 0.252 e. The Morgan fingerprint density at radius 3 is 2.56 bits per heavy atom. The average molecular weight is 461 g/mol. The zero-order valence-corrected chi connectivity index (χ0v) is 19.5. The Kier molecular flexibility index (Phi) is 6.45. The van der Waals surface area contributed by atoms with Crippen LogP contribution in [0.25, 0.3) is 16.9 Å². The first kappa shape index (κ1) is 23.2. The number of carbonyl (C=O) groups is 2. The fraction of sp³-hybridized carbons (Fsp3) is 0.417. The monoisotopic (exact) mass is 460 g/mol. The van der Waals surface area contributed by atoms with E-state index in [1.807, 2.05) is 6.07 Å². The van der Waals surface area contributed by atoms with Gasteiger partial charge in [0.1, 0.15) is 6.07 Å². The van der Waals surface area contributed by atoms with E-state index in [9.17, 15) is 9.59 Å². The van der Waals surface area contributed by atoms with Crippen LogP contribution in [0.15, 0.2) is 30.9 Å². The number of anilines is 1. The first-order chi connectivity index (χ1) is 16.3. The summed E-state index contributed by atoms with van der Waals surface area (Å²) in [5, 5.41) is 16.5. The molecule has 0 bridgehead atoms. The van der Waals surface area contributed by atoms with Crippen LogP contribution in [0.3, 0.4) is 0 Å². The number of nitrogens with zero attached hydrogens (tertiary/aromatic N) is 6. The van der Waals surface area contributed by atoms with Gasteiger partial charge in [0.2, 0.25) is 5.91 Å². The van der Waals surface area contributed by atoms with Gasteiger partial charge in [-0.3, -0.25) is 14.6 Å². The van der Waals surface area contributed by atoms with Crippen LogP contribution < -0.4 is 16.0 Å². The topological polar surface area (TPSA) is 142 Å². The van der Waals surface area contributed by atoms with E-state index in [1.165, 1.54) is 12.4 Å². The highest BCUT2D eigenvalue weighted by Crippen LogP contribution is 2.34. The molecule has 1 aliphatic rings. The molecule has 4 rings (SSSR count). The van der Waals surface area contributed by atoms with E-state index in [2.05, 4.69) is 45.2 Å². The van der Waals surface area contributed by atoms with Gasteiger partial charge in [-0.15, -0.1) is 0 Å². The van der Waals surface area contributed by atoms with Crippen molar-refractivity contribution in [2.45, 2.75) is 64.6 Å². The summed E-state index contributed by atoms with van der Waals surface area (Å²) in [7, 11) is 0. The van der Waals surface area contributed by atoms with Crippen LogP contribution in [0, 0.1) is 11.3 Å². The number of primary amides is 1. The maximum atomic E-state index is 12.3. The first-order valence-electron chi connectivity index (χ1n) is 11.4. The molecule has 3 N–H and O–H groups in total. The summed E-state index contributed by atoms with van der Waals surface area (Å²) in [6.45, 7) is 5.72. The van der Waals surface area contributed by atoms with Gasteiger partial charge in [-0.25, -0.2) is 9.50 Å². The fourth-order valence-corrected chi connectivity index (χ4v) is 4.79. The van der Waals surface area contributed by atoms with Crippen LogP contribution in [0.5, 0.6) is 0 Å². The summed E-state index contributed by atoms with van der Waals surface area (Å²) >= 11 is 0. The van der Waals surface area contributed by atoms with Crippen molar-refractivity contribution in [2.75, 3.05) is 4.90 Å². The number of pyridine rings is 1. The number of nitrogens with one attached hydrogen (secondary N) is 1. The number of rotatable bonds is 6. The van der Waals surface area contributed by atoms with Gasteiger partial charge in [0.15, 0.2) is 5.65 Å². The van der Waals surface area contributed by atoms with Crippen molar-refractivity contribution in [3.05, 3.63) is 42.0 Å². The highest BCUT2D eigenvalue weighted by Gasteiger charge is 2.30. The van der Waals surface area contributed by atoms with E-state index in [4.69, 9.17) is 11.0 Å². The molecule has 0 atom stereocenters. The van der Waals surface area contributed by atoms with Gasteiger partial charge in [0.25, 0.3) is 5.91 Å². The van der Waals surface area contributed by atoms with Gasteiger partial charge in [-0.05, 0) is 45.6 Å². The summed E-state index contributed by atoms with van der Waals surface area (Å²) < 4.78 is 1.54. The number of nitriles is 1. The van der Waals surface area contributed by atoms with Crippen molar-refractivity contribution < 1.29 is 9.59 Å². The number of hydrogen-bond donors (Lipinski definition) is 2. The molecule has 0 spiro atoms. The predicted octanol–water partition coefficient (Wildman–Crippen LogP) is 2.42. The minimum absolute atomic E-state index is 0.0112. The number of aromatic nitrogens is 4. The Bertz CT molecular complexity index is 1270. The molecular formula is C24H28N8O2. The van der Waals surface area contributed by atoms with Crippen molar-refractivity contribution >= 4 is 23.1 Å². The van der Waals surface area contributed by atoms with Gasteiger partial charge < -0.3 is 16.0 Å². The van der Waals surface area contributed by atoms with Crippen LogP contribution in [-0.2, 0) is 4.79 Å². The Morgan fingerprint density at radius 2 is 1.94 bits per heavy atom. The van der Waals surface area contributed by atoms with Crippen LogP contribution >= 0.6 is 0 Å². The lowest BCUT2D eigenvalue weighted by molar-refractivity contribution is -0.119. The number of nitrogens with two attached hydrogens (primary N) is 1. The molecule has 10 heteroatoms. The Morgan fingerprint density at radius 1 is 1.21 bits per heavy atom. The van der Waals surface area contributed by atoms with Crippen molar-refractivity contribution in [3.63, 3.8) is 0 Å². The molecule has 3 heterocycles. The third-order valence-corrected chi connectivity index (χ3v) is 6.24. The van der Waals surface area contributed by atoms with Gasteiger partial charge in [0, 0.05) is 37.4 Å². The van der Waals surface area contributed by atoms with E-state index >= 15 is 0 Å². The van der Waals surface area contributed by atoms with Crippen LogP contribution in [-0.4, -0.2) is 49.5 Å². The van der Waals surface area contributed by atoms with Crippen molar-refractivity contribution in [3.8, 4) is 17.3 Å². The summed E-state index contributed by atoms with van der Waals surface area (Å²) in [4.78, 5) is 34.9. The van der Waals surface area contributed by atoms with E-state index in [0.29, 0.717) is 28.0 Å². The van der Waals surface area contributed by atoms with Crippen LogP contribution in [0.2, 0.25) is 0 Å². The molecule has 3 aromatic rings. The van der Waals surface area contributed by atoms with Crippen molar-refractivity contribution in [2.24, 2.45) is 5.73 Å². The molecule has 2 amide bonds. The second kappa shape index (κ2) is 9.47. The molecule has 0 aliphatic heterocycles. The Hall–Kier alpha value is -4.00. The smallest absolute Gasteiger partial charge is 0.252 e. The molecule has 3 aromatic heterocycles.